The molecule has 0 aliphatic carbocycles. The van der Waals surface area contributed by atoms with Gasteiger partial charge in [0.15, 0.2) is 5.78 Å². The molecule has 5 nitrogen and oxygen atoms in total. The van der Waals surface area contributed by atoms with Gasteiger partial charge < -0.3 is 14.2 Å². The Morgan fingerprint density at radius 3 is 2.32 bits per heavy atom. The van der Waals surface area contributed by atoms with Gasteiger partial charge in [-0.1, -0.05) is 36.8 Å². The first-order chi connectivity index (χ1) is 18.7. The molecular weight excluding hydrogens is 474 g/mol. The molecule has 1 aliphatic heterocycles. The number of carbonyl (C=O) groups excluding carboxylic acids is 1. The number of likely N-dealkylation sites (tertiary alicyclic amines) is 1. The molecule has 5 rings (SSSR count). The van der Waals surface area contributed by atoms with Gasteiger partial charge in [0, 0.05) is 24.1 Å². The highest BCUT2D eigenvalue weighted by molar-refractivity contribution is 6.17. The summed E-state index contributed by atoms with van der Waals surface area (Å²) in [5, 5.41) is 1.87. The molecule has 0 atom stereocenters. The molecule has 0 bridgehead atoms. The quantitative estimate of drug-likeness (QED) is 0.227. The van der Waals surface area contributed by atoms with Crippen LogP contribution in [0.3, 0.4) is 0 Å². The number of benzene rings is 4. The van der Waals surface area contributed by atoms with Crippen LogP contribution in [-0.2, 0) is 6.42 Å². The van der Waals surface area contributed by atoms with E-state index >= 15 is 0 Å². The van der Waals surface area contributed by atoms with Gasteiger partial charge in [-0.05, 0) is 96.4 Å². The highest BCUT2D eigenvalue weighted by Crippen LogP contribution is 2.31. The summed E-state index contributed by atoms with van der Waals surface area (Å²) in [6.45, 7) is 3.91. The fraction of sp³-hybridized carbons (Fsp3) is 0.303. The topological polar surface area (TPSA) is 48.0 Å². The van der Waals surface area contributed by atoms with Gasteiger partial charge in [0.1, 0.15) is 23.9 Å². The zero-order chi connectivity index (χ0) is 26.3. The van der Waals surface area contributed by atoms with Gasteiger partial charge in [0.25, 0.3) is 0 Å². The Morgan fingerprint density at radius 1 is 0.789 bits per heavy atom. The second-order valence-corrected chi connectivity index (χ2v) is 9.78. The van der Waals surface area contributed by atoms with Crippen LogP contribution in [0.2, 0.25) is 0 Å². The van der Waals surface area contributed by atoms with Crippen LogP contribution in [0.25, 0.3) is 10.8 Å². The smallest absolute Gasteiger partial charge is 0.193 e. The van der Waals surface area contributed by atoms with Crippen molar-refractivity contribution in [1.82, 2.24) is 4.90 Å². The van der Waals surface area contributed by atoms with Crippen LogP contribution in [0, 0.1) is 0 Å². The molecule has 0 aromatic heterocycles. The highest BCUT2D eigenvalue weighted by atomic mass is 16.5. The fourth-order valence-corrected chi connectivity index (χ4v) is 5.27. The number of ketones is 1. The fourth-order valence-electron chi connectivity index (χ4n) is 5.27. The third-order valence-electron chi connectivity index (χ3n) is 7.36. The SMILES string of the molecule is COc1ccc2c(C(=O)c3ccc(OCCN4CCCCC4)cc3)c(Cc3ccccc3OC)ccc2c1. The first kappa shape index (κ1) is 25.8. The summed E-state index contributed by atoms with van der Waals surface area (Å²) in [6.07, 6.45) is 4.47. The number of nitrogens with zero attached hydrogens (tertiary/aromatic N) is 1. The van der Waals surface area contributed by atoms with Gasteiger partial charge in [-0.3, -0.25) is 9.69 Å². The van der Waals surface area contributed by atoms with E-state index in [0.29, 0.717) is 24.2 Å². The van der Waals surface area contributed by atoms with Gasteiger partial charge in [-0.25, -0.2) is 0 Å². The van der Waals surface area contributed by atoms with Crippen molar-refractivity contribution < 1.29 is 19.0 Å². The Morgan fingerprint density at radius 2 is 1.55 bits per heavy atom. The van der Waals surface area contributed by atoms with Gasteiger partial charge in [0.05, 0.1) is 14.2 Å². The summed E-state index contributed by atoms with van der Waals surface area (Å²) < 4.78 is 17.0. The van der Waals surface area contributed by atoms with Crippen LogP contribution in [-0.4, -0.2) is 51.1 Å². The van der Waals surface area contributed by atoms with Crippen molar-refractivity contribution in [3.63, 3.8) is 0 Å². The summed E-state index contributed by atoms with van der Waals surface area (Å²) in [4.78, 5) is 16.5. The van der Waals surface area contributed by atoms with Crippen LogP contribution in [0.15, 0.2) is 78.9 Å². The Bertz CT molecular complexity index is 1390. The number of hydrogen-bond acceptors (Lipinski definition) is 5. The number of carbonyl (C=O) groups is 1. The molecule has 0 unspecified atom stereocenters. The standard InChI is InChI=1S/C33H35NO4/c1-36-29-16-17-30-25(23-29)10-11-27(22-26-8-4-5-9-31(26)37-2)32(30)33(35)24-12-14-28(15-13-24)38-21-20-34-18-6-3-7-19-34/h4-5,8-17,23H,3,6-7,18-22H2,1-2H3. The minimum atomic E-state index is -0.00877. The lowest BCUT2D eigenvalue weighted by molar-refractivity contribution is 0.103. The molecule has 5 heteroatoms. The lowest BCUT2D eigenvalue weighted by Crippen LogP contribution is -2.33. The number of piperidine rings is 1. The Kier molecular flexibility index (Phi) is 8.25. The average Bonchev–Trinajstić information content (AvgIpc) is 2.97. The maximum absolute atomic E-state index is 14.0. The van der Waals surface area contributed by atoms with Gasteiger partial charge >= 0.3 is 0 Å². The minimum Gasteiger partial charge on any atom is -0.497 e. The Labute approximate surface area is 224 Å². The van der Waals surface area contributed by atoms with E-state index in [1.54, 1.807) is 14.2 Å². The molecule has 0 radical (unpaired) electrons. The number of para-hydroxylation sites is 1. The molecule has 1 heterocycles. The van der Waals surface area contributed by atoms with Crippen molar-refractivity contribution in [2.24, 2.45) is 0 Å². The molecule has 0 saturated carbocycles. The molecule has 4 aromatic carbocycles. The lowest BCUT2D eigenvalue weighted by Gasteiger charge is -2.26. The molecule has 1 saturated heterocycles. The molecule has 38 heavy (non-hydrogen) atoms. The molecule has 0 spiro atoms. The average molecular weight is 510 g/mol. The normalized spacial score (nSPS) is 13.8. The van der Waals surface area contributed by atoms with Crippen molar-refractivity contribution in [3.8, 4) is 17.2 Å². The van der Waals surface area contributed by atoms with E-state index < -0.39 is 0 Å². The molecule has 0 amide bonds. The van der Waals surface area contributed by atoms with Crippen molar-refractivity contribution in [2.75, 3.05) is 40.5 Å². The van der Waals surface area contributed by atoms with E-state index in [-0.39, 0.29) is 5.78 Å². The molecule has 0 N–H and O–H groups in total. The number of methoxy groups -OCH3 is 2. The van der Waals surface area contributed by atoms with Gasteiger partial charge in [-0.15, -0.1) is 0 Å². The Balaban J connectivity index is 1.42. The number of fused-ring (bicyclic) bond motifs is 1. The zero-order valence-corrected chi connectivity index (χ0v) is 22.2. The number of hydrogen-bond donors (Lipinski definition) is 0. The Hall–Kier alpha value is -3.83. The monoisotopic (exact) mass is 509 g/mol. The third-order valence-corrected chi connectivity index (χ3v) is 7.36. The van der Waals surface area contributed by atoms with E-state index in [0.717, 1.165) is 58.8 Å². The molecule has 1 aliphatic rings. The number of ether oxygens (including phenoxy) is 3. The van der Waals surface area contributed by atoms with Crippen LogP contribution in [0.1, 0.15) is 46.3 Å². The van der Waals surface area contributed by atoms with Crippen molar-refractivity contribution in [2.45, 2.75) is 25.7 Å². The molecule has 196 valence electrons. The van der Waals surface area contributed by atoms with Gasteiger partial charge in [-0.2, -0.15) is 0 Å². The van der Waals surface area contributed by atoms with Crippen LogP contribution >= 0.6 is 0 Å². The lowest BCUT2D eigenvalue weighted by atomic mass is 9.89. The van der Waals surface area contributed by atoms with Crippen LogP contribution < -0.4 is 14.2 Å². The van der Waals surface area contributed by atoms with E-state index in [1.807, 2.05) is 72.8 Å². The van der Waals surface area contributed by atoms with Crippen LogP contribution in [0.4, 0.5) is 0 Å². The molecule has 4 aromatic rings. The van der Waals surface area contributed by atoms with Crippen molar-refractivity contribution in [3.05, 3.63) is 101 Å². The zero-order valence-electron chi connectivity index (χ0n) is 22.2. The molecular formula is C33H35NO4. The summed E-state index contributed by atoms with van der Waals surface area (Å²) in [5.74, 6) is 2.35. The second-order valence-electron chi connectivity index (χ2n) is 9.78. The van der Waals surface area contributed by atoms with E-state index in [9.17, 15) is 4.79 Å². The predicted octanol–water partition coefficient (Wildman–Crippen LogP) is 6.54. The molecule has 1 fully saturated rings. The first-order valence-corrected chi connectivity index (χ1v) is 13.4. The van der Waals surface area contributed by atoms with Gasteiger partial charge in [0.2, 0.25) is 0 Å². The summed E-state index contributed by atoms with van der Waals surface area (Å²) in [5.41, 5.74) is 3.33. The number of rotatable bonds is 10. The summed E-state index contributed by atoms with van der Waals surface area (Å²) >= 11 is 0. The summed E-state index contributed by atoms with van der Waals surface area (Å²) in [6, 6.07) is 25.4. The maximum atomic E-state index is 14.0. The minimum absolute atomic E-state index is 0.00877. The predicted molar refractivity (Wildman–Crippen MR) is 152 cm³/mol. The van der Waals surface area contributed by atoms with E-state index in [1.165, 1.54) is 19.3 Å². The van der Waals surface area contributed by atoms with Crippen molar-refractivity contribution >= 4 is 16.6 Å². The first-order valence-electron chi connectivity index (χ1n) is 13.4. The largest absolute Gasteiger partial charge is 0.497 e. The van der Waals surface area contributed by atoms with E-state index in [4.69, 9.17) is 14.2 Å². The van der Waals surface area contributed by atoms with Crippen LogP contribution in [0.5, 0.6) is 17.2 Å². The van der Waals surface area contributed by atoms with Crippen molar-refractivity contribution in [1.29, 1.82) is 0 Å². The second kappa shape index (κ2) is 12.1. The summed E-state index contributed by atoms with van der Waals surface area (Å²) in [7, 11) is 3.33. The third kappa shape index (κ3) is 5.84. The highest BCUT2D eigenvalue weighted by Gasteiger charge is 2.19. The maximum Gasteiger partial charge on any atom is 0.193 e. The van der Waals surface area contributed by atoms with E-state index in [2.05, 4.69) is 11.0 Å².